The van der Waals surface area contributed by atoms with Gasteiger partial charge in [0, 0.05) is 17.5 Å². The predicted molar refractivity (Wildman–Crippen MR) is 105 cm³/mol. The molecular formula is C20H19N3O4S. The molecule has 0 atom stereocenters. The number of rotatable bonds is 6. The van der Waals surface area contributed by atoms with Crippen LogP contribution in [0.2, 0.25) is 0 Å². The Balaban J connectivity index is 1.40. The summed E-state index contributed by atoms with van der Waals surface area (Å²) in [6, 6.07) is 12.8. The summed E-state index contributed by atoms with van der Waals surface area (Å²) in [5.74, 6) is 2.94. The smallest absolute Gasteiger partial charge is 0.209 e. The average Bonchev–Trinajstić information content (AvgIpc) is 3.09. The fourth-order valence-corrected chi connectivity index (χ4v) is 3.43. The molecule has 0 unspecified atom stereocenters. The summed E-state index contributed by atoms with van der Waals surface area (Å²) in [6.07, 6.45) is 0.829. The maximum absolute atomic E-state index is 12.5. The zero-order valence-electron chi connectivity index (χ0n) is 15.3. The highest BCUT2D eigenvalue weighted by Crippen LogP contribution is 2.31. The number of benzene rings is 2. The summed E-state index contributed by atoms with van der Waals surface area (Å²) < 4.78 is 16.4. The standard InChI is InChI=1S/C20H19N3O4S/c1-25-15-6-3-13(4-7-15)19-21-20(23-22-19)28-12-16(24)14-5-8-17-18(11-14)27-10-2-9-26-17/h3-8,11H,2,9-10,12H2,1H3,(H,21,22,23). The molecule has 8 heteroatoms. The van der Waals surface area contributed by atoms with Crippen LogP contribution in [-0.2, 0) is 0 Å². The lowest BCUT2D eigenvalue weighted by atomic mass is 10.1. The second kappa shape index (κ2) is 8.35. The molecule has 28 heavy (non-hydrogen) atoms. The summed E-state index contributed by atoms with van der Waals surface area (Å²) in [4.78, 5) is 17.0. The number of aromatic amines is 1. The van der Waals surface area contributed by atoms with Gasteiger partial charge in [-0.05, 0) is 42.5 Å². The minimum Gasteiger partial charge on any atom is -0.497 e. The highest BCUT2D eigenvalue weighted by molar-refractivity contribution is 7.99. The summed E-state index contributed by atoms with van der Waals surface area (Å²) in [7, 11) is 1.62. The molecule has 4 rings (SSSR count). The third-order valence-corrected chi connectivity index (χ3v) is 5.08. The first-order chi connectivity index (χ1) is 13.7. The van der Waals surface area contributed by atoms with Gasteiger partial charge in [0.2, 0.25) is 5.16 Å². The van der Waals surface area contributed by atoms with Gasteiger partial charge in [-0.15, -0.1) is 5.10 Å². The van der Waals surface area contributed by atoms with Crippen molar-refractivity contribution in [3.8, 4) is 28.6 Å². The van der Waals surface area contributed by atoms with Gasteiger partial charge < -0.3 is 14.2 Å². The molecule has 0 aliphatic carbocycles. The Morgan fingerprint density at radius 1 is 1.14 bits per heavy atom. The molecule has 0 fully saturated rings. The van der Waals surface area contributed by atoms with Gasteiger partial charge in [0.15, 0.2) is 23.1 Å². The van der Waals surface area contributed by atoms with E-state index in [1.807, 2.05) is 24.3 Å². The van der Waals surface area contributed by atoms with Crippen molar-refractivity contribution in [2.75, 3.05) is 26.1 Å². The molecule has 0 spiro atoms. The van der Waals surface area contributed by atoms with Crippen molar-refractivity contribution >= 4 is 17.5 Å². The van der Waals surface area contributed by atoms with Crippen molar-refractivity contribution in [3.63, 3.8) is 0 Å². The number of nitrogens with zero attached hydrogens (tertiary/aromatic N) is 2. The van der Waals surface area contributed by atoms with E-state index in [1.165, 1.54) is 11.8 Å². The largest absolute Gasteiger partial charge is 0.497 e. The summed E-state index contributed by atoms with van der Waals surface area (Å²) in [5, 5.41) is 7.60. The normalized spacial score (nSPS) is 13.0. The Labute approximate surface area is 166 Å². The topological polar surface area (TPSA) is 86.3 Å². The number of ketones is 1. The van der Waals surface area contributed by atoms with Crippen LogP contribution in [0.15, 0.2) is 47.6 Å². The Bertz CT molecular complexity index is 972. The fourth-order valence-electron chi connectivity index (χ4n) is 2.74. The van der Waals surface area contributed by atoms with Crippen LogP contribution < -0.4 is 14.2 Å². The van der Waals surface area contributed by atoms with Crippen molar-refractivity contribution in [1.82, 2.24) is 15.2 Å². The molecule has 2 aromatic carbocycles. The van der Waals surface area contributed by atoms with Crippen LogP contribution in [0.4, 0.5) is 0 Å². The van der Waals surface area contributed by atoms with Crippen molar-refractivity contribution < 1.29 is 19.0 Å². The predicted octanol–water partition coefficient (Wildman–Crippen LogP) is 3.62. The van der Waals surface area contributed by atoms with E-state index in [4.69, 9.17) is 14.2 Å². The Kier molecular flexibility index (Phi) is 5.48. The Hall–Kier alpha value is -3.00. The third kappa shape index (κ3) is 4.12. The van der Waals surface area contributed by atoms with Crippen molar-refractivity contribution in [2.45, 2.75) is 11.6 Å². The van der Waals surface area contributed by atoms with Gasteiger partial charge >= 0.3 is 0 Å². The molecule has 1 aromatic heterocycles. The van der Waals surface area contributed by atoms with Gasteiger partial charge in [-0.25, -0.2) is 4.98 Å². The molecule has 144 valence electrons. The lowest BCUT2D eigenvalue weighted by Crippen LogP contribution is -2.03. The molecule has 7 nitrogen and oxygen atoms in total. The number of ether oxygens (including phenoxy) is 3. The second-order valence-electron chi connectivity index (χ2n) is 6.12. The minimum atomic E-state index is -0.0172. The highest BCUT2D eigenvalue weighted by atomic mass is 32.2. The van der Waals surface area contributed by atoms with Gasteiger partial charge in [0.1, 0.15) is 5.75 Å². The number of H-pyrrole nitrogens is 1. The van der Waals surface area contributed by atoms with Crippen LogP contribution in [-0.4, -0.2) is 47.0 Å². The summed E-state index contributed by atoms with van der Waals surface area (Å²) in [6.45, 7) is 1.21. The zero-order chi connectivity index (χ0) is 19.3. The fraction of sp³-hybridized carbons (Fsp3) is 0.250. The van der Waals surface area contributed by atoms with E-state index < -0.39 is 0 Å². The molecule has 0 radical (unpaired) electrons. The molecule has 0 saturated heterocycles. The van der Waals surface area contributed by atoms with E-state index in [9.17, 15) is 4.79 Å². The van der Waals surface area contributed by atoms with Crippen LogP contribution in [0.1, 0.15) is 16.8 Å². The number of Topliss-reactive ketones (excluding diaryl/α,β-unsaturated/α-hetero) is 1. The van der Waals surface area contributed by atoms with Crippen molar-refractivity contribution in [1.29, 1.82) is 0 Å². The monoisotopic (exact) mass is 397 g/mol. The molecule has 0 amide bonds. The number of methoxy groups -OCH3 is 1. The van der Waals surface area contributed by atoms with Crippen LogP contribution in [0.5, 0.6) is 17.2 Å². The molecule has 2 heterocycles. The number of nitrogens with one attached hydrogen (secondary N) is 1. The number of aromatic nitrogens is 3. The number of carbonyl (C=O) groups is 1. The van der Waals surface area contributed by atoms with Crippen LogP contribution >= 0.6 is 11.8 Å². The van der Waals surface area contributed by atoms with Crippen molar-refractivity contribution in [3.05, 3.63) is 48.0 Å². The molecular weight excluding hydrogens is 378 g/mol. The Morgan fingerprint density at radius 3 is 2.71 bits per heavy atom. The highest BCUT2D eigenvalue weighted by Gasteiger charge is 2.15. The van der Waals surface area contributed by atoms with E-state index in [0.717, 1.165) is 17.7 Å². The number of hydrogen-bond donors (Lipinski definition) is 1. The third-order valence-electron chi connectivity index (χ3n) is 4.23. The van der Waals surface area contributed by atoms with Gasteiger partial charge in [-0.2, -0.15) is 0 Å². The lowest BCUT2D eigenvalue weighted by Gasteiger charge is -2.08. The lowest BCUT2D eigenvalue weighted by molar-refractivity contribution is 0.102. The van der Waals surface area contributed by atoms with Crippen LogP contribution in [0.3, 0.4) is 0 Å². The minimum absolute atomic E-state index is 0.0172. The van der Waals surface area contributed by atoms with E-state index in [1.54, 1.807) is 25.3 Å². The average molecular weight is 397 g/mol. The molecule has 1 aliphatic heterocycles. The Morgan fingerprint density at radius 2 is 1.93 bits per heavy atom. The second-order valence-corrected chi connectivity index (χ2v) is 7.06. The molecule has 3 aromatic rings. The van der Waals surface area contributed by atoms with Crippen molar-refractivity contribution in [2.24, 2.45) is 0 Å². The first-order valence-corrected chi connectivity index (χ1v) is 9.84. The first kappa shape index (κ1) is 18.4. The first-order valence-electron chi connectivity index (χ1n) is 8.85. The van der Waals surface area contributed by atoms with Gasteiger partial charge in [0.25, 0.3) is 0 Å². The van der Waals surface area contributed by atoms with Gasteiger partial charge in [-0.3, -0.25) is 9.89 Å². The SMILES string of the molecule is COc1ccc(-c2nc(SCC(=O)c3ccc4c(c3)OCCCO4)n[nH]2)cc1. The number of hydrogen-bond acceptors (Lipinski definition) is 7. The summed E-state index contributed by atoms with van der Waals surface area (Å²) in [5.41, 5.74) is 1.48. The van der Waals surface area contributed by atoms with E-state index in [2.05, 4.69) is 15.2 Å². The molecule has 0 saturated carbocycles. The number of carbonyl (C=O) groups excluding carboxylic acids is 1. The molecule has 1 aliphatic rings. The van der Waals surface area contributed by atoms with Crippen LogP contribution in [0.25, 0.3) is 11.4 Å². The zero-order valence-corrected chi connectivity index (χ0v) is 16.1. The van der Waals surface area contributed by atoms with Crippen LogP contribution in [0, 0.1) is 0 Å². The number of thioether (sulfide) groups is 1. The van der Waals surface area contributed by atoms with E-state index in [-0.39, 0.29) is 11.5 Å². The van der Waals surface area contributed by atoms with E-state index >= 15 is 0 Å². The van der Waals surface area contributed by atoms with Gasteiger partial charge in [0.05, 0.1) is 26.1 Å². The maximum Gasteiger partial charge on any atom is 0.209 e. The maximum atomic E-state index is 12.5. The molecule has 1 N–H and O–H groups in total. The van der Waals surface area contributed by atoms with E-state index in [0.29, 0.717) is 41.3 Å². The van der Waals surface area contributed by atoms with Gasteiger partial charge in [-0.1, -0.05) is 11.8 Å². The quantitative estimate of drug-likeness (QED) is 0.502. The number of fused-ring (bicyclic) bond motifs is 1. The summed E-state index contributed by atoms with van der Waals surface area (Å²) >= 11 is 1.29. The molecule has 0 bridgehead atoms.